The van der Waals surface area contributed by atoms with Crippen LogP contribution in [0.2, 0.25) is 0 Å². The van der Waals surface area contributed by atoms with E-state index in [9.17, 15) is 9.59 Å². The maximum atomic E-state index is 12.0. The topological polar surface area (TPSA) is 75.4 Å². The maximum Gasteiger partial charge on any atom is 0.226 e. The summed E-state index contributed by atoms with van der Waals surface area (Å²) in [7, 11) is 0. The van der Waals surface area contributed by atoms with Crippen LogP contribution in [-0.4, -0.2) is 42.4 Å². The largest absolute Gasteiger partial charge is 0.351 e. The molecular formula is C13H26ClN3O2. The van der Waals surface area contributed by atoms with Crippen molar-refractivity contribution in [2.45, 2.75) is 39.7 Å². The summed E-state index contributed by atoms with van der Waals surface area (Å²) in [5.41, 5.74) is 5.52. The fraction of sp³-hybridized carbons (Fsp3) is 0.846. The summed E-state index contributed by atoms with van der Waals surface area (Å²) >= 11 is 0. The molecule has 1 saturated heterocycles. The van der Waals surface area contributed by atoms with Gasteiger partial charge in [-0.1, -0.05) is 20.8 Å². The van der Waals surface area contributed by atoms with Crippen molar-refractivity contribution in [3.63, 3.8) is 0 Å². The fourth-order valence-corrected chi connectivity index (χ4v) is 2.08. The van der Waals surface area contributed by atoms with Crippen LogP contribution >= 0.6 is 12.4 Å². The van der Waals surface area contributed by atoms with Gasteiger partial charge < -0.3 is 16.0 Å². The summed E-state index contributed by atoms with van der Waals surface area (Å²) in [6, 6.07) is 0.0857. The van der Waals surface area contributed by atoms with Crippen LogP contribution in [0.1, 0.15) is 33.6 Å². The van der Waals surface area contributed by atoms with E-state index >= 15 is 0 Å². The van der Waals surface area contributed by atoms with Gasteiger partial charge in [-0.05, 0) is 12.8 Å². The van der Waals surface area contributed by atoms with Gasteiger partial charge in [-0.25, -0.2) is 0 Å². The molecule has 0 aromatic rings. The average Bonchev–Trinajstić information content (AvgIpc) is 2.37. The number of nitrogens with two attached hydrogens (primary N) is 1. The Morgan fingerprint density at radius 1 is 1.37 bits per heavy atom. The number of nitrogens with zero attached hydrogens (tertiary/aromatic N) is 1. The van der Waals surface area contributed by atoms with Crippen molar-refractivity contribution in [1.29, 1.82) is 0 Å². The first-order valence-electron chi connectivity index (χ1n) is 6.75. The highest BCUT2D eigenvalue weighted by molar-refractivity contribution is 5.85. The lowest BCUT2D eigenvalue weighted by Crippen LogP contribution is -2.52. The molecule has 1 rings (SSSR count). The summed E-state index contributed by atoms with van der Waals surface area (Å²) in [6.07, 6.45) is 1.88. The van der Waals surface area contributed by atoms with Crippen LogP contribution in [0.25, 0.3) is 0 Å². The van der Waals surface area contributed by atoms with Crippen LogP contribution in [0.3, 0.4) is 0 Å². The SMILES string of the molecule is CC(C)C(=O)NC1CCCN(C(=O)C(C)CN)C1.Cl. The Labute approximate surface area is 121 Å². The minimum atomic E-state index is -0.135. The lowest BCUT2D eigenvalue weighted by Gasteiger charge is -2.34. The van der Waals surface area contributed by atoms with E-state index in [4.69, 9.17) is 5.73 Å². The molecule has 5 nitrogen and oxygen atoms in total. The molecule has 1 fully saturated rings. The zero-order chi connectivity index (χ0) is 13.7. The van der Waals surface area contributed by atoms with Gasteiger partial charge in [-0.3, -0.25) is 9.59 Å². The highest BCUT2D eigenvalue weighted by Crippen LogP contribution is 2.13. The summed E-state index contributed by atoms with van der Waals surface area (Å²) in [6.45, 7) is 7.35. The minimum Gasteiger partial charge on any atom is -0.351 e. The lowest BCUT2D eigenvalue weighted by atomic mass is 10.0. The molecule has 1 aliphatic heterocycles. The van der Waals surface area contributed by atoms with Crippen molar-refractivity contribution in [3.8, 4) is 0 Å². The molecule has 1 heterocycles. The molecule has 0 bridgehead atoms. The van der Waals surface area contributed by atoms with Crippen LogP contribution in [0, 0.1) is 11.8 Å². The number of piperidine rings is 1. The number of halogens is 1. The third-order valence-electron chi connectivity index (χ3n) is 3.38. The van der Waals surface area contributed by atoms with Crippen molar-refractivity contribution in [1.82, 2.24) is 10.2 Å². The molecule has 112 valence electrons. The van der Waals surface area contributed by atoms with Gasteiger partial charge in [0.2, 0.25) is 11.8 Å². The zero-order valence-electron chi connectivity index (χ0n) is 12.0. The third-order valence-corrected chi connectivity index (χ3v) is 3.38. The number of hydrogen-bond donors (Lipinski definition) is 2. The second kappa shape index (κ2) is 8.38. The molecule has 3 N–H and O–H groups in total. The van der Waals surface area contributed by atoms with Gasteiger partial charge >= 0.3 is 0 Å². The predicted octanol–water partition coefficient (Wildman–Crippen LogP) is 0.766. The van der Waals surface area contributed by atoms with E-state index < -0.39 is 0 Å². The van der Waals surface area contributed by atoms with E-state index in [1.165, 1.54) is 0 Å². The molecule has 2 atom stereocenters. The Morgan fingerprint density at radius 3 is 2.53 bits per heavy atom. The van der Waals surface area contributed by atoms with Crippen LogP contribution < -0.4 is 11.1 Å². The number of nitrogens with one attached hydrogen (secondary N) is 1. The number of carbonyl (C=O) groups is 2. The van der Waals surface area contributed by atoms with Crippen molar-refractivity contribution < 1.29 is 9.59 Å². The van der Waals surface area contributed by atoms with E-state index in [2.05, 4.69) is 5.32 Å². The summed E-state index contributed by atoms with van der Waals surface area (Å²) in [4.78, 5) is 25.5. The summed E-state index contributed by atoms with van der Waals surface area (Å²) in [5.74, 6) is 0.00534. The van der Waals surface area contributed by atoms with Crippen molar-refractivity contribution in [3.05, 3.63) is 0 Å². The van der Waals surface area contributed by atoms with Crippen molar-refractivity contribution in [2.24, 2.45) is 17.6 Å². The number of carbonyl (C=O) groups excluding carboxylic acids is 2. The molecule has 1 aliphatic rings. The number of hydrogen-bond acceptors (Lipinski definition) is 3. The van der Waals surface area contributed by atoms with Gasteiger partial charge in [0.25, 0.3) is 0 Å². The molecule has 0 aliphatic carbocycles. The molecule has 0 spiro atoms. The number of rotatable bonds is 4. The van der Waals surface area contributed by atoms with Gasteiger partial charge in [0, 0.05) is 37.5 Å². The summed E-state index contributed by atoms with van der Waals surface area (Å²) < 4.78 is 0. The van der Waals surface area contributed by atoms with Gasteiger partial charge in [0.1, 0.15) is 0 Å². The normalized spacial score (nSPS) is 20.7. The maximum absolute atomic E-state index is 12.0. The van der Waals surface area contributed by atoms with E-state index in [0.29, 0.717) is 13.1 Å². The predicted molar refractivity (Wildman–Crippen MR) is 78.0 cm³/mol. The van der Waals surface area contributed by atoms with E-state index in [-0.39, 0.29) is 42.1 Å². The van der Waals surface area contributed by atoms with Crippen LogP contribution in [-0.2, 0) is 9.59 Å². The molecular weight excluding hydrogens is 266 g/mol. The monoisotopic (exact) mass is 291 g/mol. The van der Waals surface area contributed by atoms with E-state index in [0.717, 1.165) is 19.4 Å². The zero-order valence-corrected chi connectivity index (χ0v) is 12.8. The Hall–Kier alpha value is -0.810. The highest BCUT2D eigenvalue weighted by Gasteiger charge is 2.27. The van der Waals surface area contributed by atoms with E-state index in [1.807, 2.05) is 25.7 Å². The first kappa shape index (κ1) is 18.2. The highest BCUT2D eigenvalue weighted by atomic mass is 35.5. The first-order chi connectivity index (χ1) is 8.45. The fourth-order valence-electron chi connectivity index (χ4n) is 2.08. The molecule has 6 heteroatoms. The standard InChI is InChI=1S/C13H25N3O2.ClH/c1-9(2)12(17)15-11-5-4-6-16(8-11)13(18)10(3)7-14;/h9-11H,4-8,14H2,1-3H3,(H,15,17);1H. The van der Waals surface area contributed by atoms with Crippen molar-refractivity contribution >= 4 is 24.2 Å². The second-order valence-electron chi connectivity index (χ2n) is 5.42. The molecule has 0 saturated carbocycles. The van der Waals surface area contributed by atoms with E-state index in [1.54, 1.807) is 0 Å². The Kier molecular flexibility index (Phi) is 8.02. The second-order valence-corrected chi connectivity index (χ2v) is 5.42. The summed E-state index contributed by atoms with van der Waals surface area (Å²) in [5, 5.41) is 3.00. The molecule has 2 amide bonds. The van der Waals surface area contributed by atoms with Crippen molar-refractivity contribution in [2.75, 3.05) is 19.6 Å². The minimum absolute atomic E-state index is 0. The number of likely N-dealkylation sites (tertiary alicyclic amines) is 1. The molecule has 2 unspecified atom stereocenters. The van der Waals surface area contributed by atoms with Crippen LogP contribution in [0.5, 0.6) is 0 Å². The Morgan fingerprint density at radius 2 is 2.00 bits per heavy atom. The van der Waals surface area contributed by atoms with Gasteiger partial charge in [0.05, 0.1) is 0 Å². The molecule has 0 aromatic carbocycles. The quantitative estimate of drug-likeness (QED) is 0.803. The smallest absolute Gasteiger partial charge is 0.226 e. The molecule has 0 aromatic heterocycles. The van der Waals surface area contributed by atoms with Gasteiger partial charge in [-0.2, -0.15) is 0 Å². The first-order valence-corrected chi connectivity index (χ1v) is 6.75. The van der Waals surface area contributed by atoms with Gasteiger partial charge in [0.15, 0.2) is 0 Å². The van der Waals surface area contributed by atoms with Gasteiger partial charge in [-0.15, -0.1) is 12.4 Å². The molecule has 0 radical (unpaired) electrons. The Balaban J connectivity index is 0.00000324. The van der Waals surface area contributed by atoms with Crippen LogP contribution in [0.4, 0.5) is 0 Å². The number of amides is 2. The third kappa shape index (κ3) is 5.37. The molecule has 19 heavy (non-hydrogen) atoms. The average molecular weight is 292 g/mol. The lowest BCUT2D eigenvalue weighted by molar-refractivity contribution is -0.137. The Bertz CT molecular complexity index is 310. The van der Waals surface area contributed by atoms with Crippen LogP contribution in [0.15, 0.2) is 0 Å².